The lowest BCUT2D eigenvalue weighted by Gasteiger charge is -2.09. The van der Waals surface area contributed by atoms with Crippen LogP contribution in [0.3, 0.4) is 0 Å². The van der Waals surface area contributed by atoms with Crippen molar-refractivity contribution in [1.82, 2.24) is 9.97 Å². The highest BCUT2D eigenvalue weighted by atomic mass is 19.1. The van der Waals surface area contributed by atoms with Crippen LogP contribution in [0.25, 0.3) is 0 Å². The van der Waals surface area contributed by atoms with Crippen LogP contribution < -0.4 is 10.6 Å². The van der Waals surface area contributed by atoms with Gasteiger partial charge in [0.15, 0.2) is 0 Å². The van der Waals surface area contributed by atoms with E-state index < -0.39 is 0 Å². The lowest BCUT2D eigenvalue weighted by atomic mass is 10.1. The van der Waals surface area contributed by atoms with Crippen molar-refractivity contribution < 1.29 is 9.18 Å². The zero-order chi connectivity index (χ0) is 18.5. The first-order valence-corrected chi connectivity index (χ1v) is 8.32. The number of aromatic nitrogens is 2. The fraction of sp³-hybridized carbons (Fsp3) is 0.150. The maximum absolute atomic E-state index is 13.0. The maximum atomic E-state index is 13.0. The van der Waals surface area contributed by atoms with Crippen molar-refractivity contribution >= 4 is 23.2 Å². The Morgan fingerprint density at radius 2 is 1.65 bits per heavy atom. The molecule has 6 heteroatoms. The molecule has 0 radical (unpaired) electrons. The summed E-state index contributed by atoms with van der Waals surface area (Å²) >= 11 is 0. The van der Waals surface area contributed by atoms with Crippen LogP contribution in [-0.4, -0.2) is 15.9 Å². The van der Waals surface area contributed by atoms with Gasteiger partial charge < -0.3 is 10.6 Å². The van der Waals surface area contributed by atoms with Crippen LogP contribution in [0.2, 0.25) is 0 Å². The van der Waals surface area contributed by atoms with Gasteiger partial charge in [0.25, 0.3) is 5.91 Å². The first-order valence-electron chi connectivity index (χ1n) is 8.32. The summed E-state index contributed by atoms with van der Waals surface area (Å²) in [4.78, 5) is 21.0. The van der Waals surface area contributed by atoms with Gasteiger partial charge in [0, 0.05) is 17.1 Å². The summed E-state index contributed by atoms with van der Waals surface area (Å²) in [7, 11) is 0. The van der Waals surface area contributed by atoms with Gasteiger partial charge in [0.2, 0.25) is 5.95 Å². The Balaban J connectivity index is 1.77. The Labute approximate surface area is 151 Å². The van der Waals surface area contributed by atoms with Gasteiger partial charge in [-0.1, -0.05) is 19.1 Å². The molecule has 0 bridgehead atoms. The molecule has 1 amide bonds. The largest absolute Gasteiger partial charge is 0.324 e. The minimum Gasteiger partial charge on any atom is -0.324 e. The van der Waals surface area contributed by atoms with Crippen molar-refractivity contribution in [1.29, 1.82) is 0 Å². The quantitative estimate of drug-likeness (QED) is 0.712. The van der Waals surface area contributed by atoms with Crippen molar-refractivity contribution in [3.63, 3.8) is 0 Å². The average Bonchev–Trinajstić information content (AvgIpc) is 2.64. The first-order chi connectivity index (χ1) is 12.5. The molecule has 1 heterocycles. The molecule has 0 aliphatic rings. The molecule has 0 unspecified atom stereocenters. The molecule has 0 aliphatic carbocycles. The third-order valence-electron chi connectivity index (χ3n) is 3.81. The van der Waals surface area contributed by atoms with Crippen LogP contribution in [0.15, 0.2) is 54.6 Å². The van der Waals surface area contributed by atoms with E-state index in [0.29, 0.717) is 17.3 Å². The van der Waals surface area contributed by atoms with E-state index in [4.69, 9.17) is 0 Å². The number of halogens is 1. The average molecular weight is 350 g/mol. The van der Waals surface area contributed by atoms with Gasteiger partial charge in [0.05, 0.1) is 0 Å². The number of anilines is 3. The number of hydrogen-bond donors (Lipinski definition) is 2. The number of benzene rings is 2. The van der Waals surface area contributed by atoms with E-state index >= 15 is 0 Å². The molecular weight excluding hydrogens is 331 g/mol. The van der Waals surface area contributed by atoms with Crippen LogP contribution in [0.5, 0.6) is 0 Å². The fourth-order valence-corrected chi connectivity index (χ4v) is 2.42. The van der Waals surface area contributed by atoms with Crippen molar-refractivity contribution in [3.05, 3.63) is 77.4 Å². The summed E-state index contributed by atoms with van der Waals surface area (Å²) in [5.41, 5.74) is 3.47. The highest BCUT2D eigenvalue weighted by molar-refractivity contribution is 6.03. The number of carbonyl (C=O) groups excluding carboxylic acids is 1. The molecule has 2 N–H and O–H groups in total. The van der Waals surface area contributed by atoms with Crippen LogP contribution in [0, 0.1) is 12.7 Å². The molecule has 5 nitrogen and oxygen atoms in total. The normalized spacial score (nSPS) is 10.4. The van der Waals surface area contributed by atoms with E-state index in [0.717, 1.165) is 12.1 Å². The van der Waals surface area contributed by atoms with Crippen LogP contribution in [0.4, 0.5) is 21.7 Å². The van der Waals surface area contributed by atoms with E-state index in [1.165, 1.54) is 29.8 Å². The van der Waals surface area contributed by atoms with Crippen molar-refractivity contribution in [3.8, 4) is 0 Å². The molecule has 0 fully saturated rings. The highest BCUT2D eigenvalue weighted by Crippen LogP contribution is 2.16. The Bertz CT molecular complexity index is 908. The number of nitrogens with zero attached hydrogens (tertiary/aromatic N) is 2. The van der Waals surface area contributed by atoms with Gasteiger partial charge in [-0.25, -0.2) is 14.4 Å². The summed E-state index contributed by atoms with van der Waals surface area (Å²) in [6.07, 6.45) is 0.967. The number of nitrogens with one attached hydrogen (secondary N) is 2. The van der Waals surface area contributed by atoms with Crippen LogP contribution in [0.1, 0.15) is 28.7 Å². The molecule has 0 saturated heterocycles. The minimum atomic E-state index is -0.383. The van der Waals surface area contributed by atoms with Crippen molar-refractivity contribution in [2.45, 2.75) is 20.3 Å². The second kappa shape index (κ2) is 7.74. The number of rotatable bonds is 5. The van der Waals surface area contributed by atoms with Gasteiger partial charge in [-0.2, -0.15) is 0 Å². The molecule has 3 aromatic rings. The van der Waals surface area contributed by atoms with E-state index in [9.17, 15) is 9.18 Å². The highest BCUT2D eigenvalue weighted by Gasteiger charge is 2.11. The lowest BCUT2D eigenvalue weighted by molar-refractivity contribution is 0.102. The SMILES string of the molecule is CCc1ccc(Nc2nc(C)cc(C(=O)Nc3ccc(F)cc3)n2)cc1. The summed E-state index contributed by atoms with van der Waals surface area (Å²) in [6.45, 7) is 3.89. The Kier molecular flexibility index (Phi) is 5.22. The summed E-state index contributed by atoms with van der Waals surface area (Å²) in [5.74, 6) is -0.397. The van der Waals surface area contributed by atoms with Gasteiger partial charge in [-0.05, 0) is 61.4 Å². The predicted octanol–water partition coefficient (Wildman–Crippen LogP) is 4.48. The number of aryl methyl sites for hydroxylation is 2. The number of amides is 1. The fourth-order valence-electron chi connectivity index (χ4n) is 2.42. The smallest absolute Gasteiger partial charge is 0.274 e. The Morgan fingerprint density at radius 1 is 1.00 bits per heavy atom. The monoisotopic (exact) mass is 350 g/mol. The third kappa shape index (κ3) is 4.42. The van der Waals surface area contributed by atoms with Crippen molar-refractivity contribution in [2.24, 2.45) is 0 Å². The molecule has 132 valence electrons. The molecule has 0 aliphatic heterocycles. The second-order valence-electron chi connectivity index (χ2n) is 5.85. The zero-order valence-corrected chi connectivity index (χ0v) is 14.6. The Morgan fingerprint density at radius 3 is 2.31 bits per heavy atom. The second-order valence-corrected chi connectivity index (χ2v) is 5.85. The standard InChI is InChI=1S/C20H19FN4O/c1-3-14-4-8-17(9-5-14)24-20-22-13(2)12-18(25-20)19(26)23-16-10-6-15(21)7-11-16/h4-12H,3H2,1-2H3,(H,23,26)(H,22,24,25). The Hall–Kier alpha value is -3.28. The van der Waals surface area contributed by atoms with Gasteiger partial charge >= 0.3 is 0 Å². The summed E-state index contributed by atoms with van der Waals surface area (Å²) < 4.78 is 13.0. The molecule has 0 atom stereocenters. The summed E-state index contributed by atoms with van der Waals surface area (Å²) in [5, 5.41) is 5.81. The molecule has 26 heavy (non-hydrogen) atoms. The number of hydrogen-bond acceptors (Lipinski definition) is 4. The lowest BCUT2D eigenvalue weighted by Crippen LogP contribution is -2.15. The van der Waals surface area contributed by atoms with E-state index in [1.807, 2.05) is 24.3 Å². The van der Waals surface area contributed by atoms with Gasteiger partial charge in [-0.3, -0.25) is 4.79 Å². The predicted molar refractivity (Wildman–Crippen MR) is 100 cm³/mol. The van der Waals surface area contributed by atoms with E-state index in [-0.39, 0.29) is 17.4 Å². The van der Waals surface area contributed by atoms with Crippen LogP contribution in [-0.2, 0) is 6.42 Å². The molecule has 1 aromatic heterocycles. The molecule has 2 aromatic carbocycles. The molecule has 0 spiro atoms. The van der Waals surface area contributed by atoms with Crippen molar-refractivity contribution in [2.75, 3.05) is 10.6 Å². The summed E-state index contributed by atoms with van der Waals surface area (Å²) in [6, 6.07) is 15.1. The van der Waals surface area contributed by atoms with E-state index in [2.05, 4.69) is 27.5 Å². The van der Waals surface area contributed by atoms with Gasteiger partial charge in [-0.15, -0.1) is 0 Å². The zero-order valence-electron chi connectivity index (χ0n) is 14.6. The third-order valence-corrected chi connectivity index (χ3v) is 3.81. The number of carbonyl (C=O) groups is 1. The molecule has 0 saturated carbocycles. The van der Waals surface area contributed by atoms with E-state index in [1.54, 1.807) is 13.0 Å². The molecular formula is C20H19FN4O. The molecule has 3 rings (SSSR count). The maximum Gasteiger partial charge on any atom is 0.274 e. The topological polar surface area (TPSA) is 66.9 Å². The first kappa shape index (κ1) is 17.5. The minimum absolute atomic E-state index is 0.231. The van der Waals surface area contributed by atoms with Gasteiger partial charge in [0.1, 0.15) is 11.5 Å². The van der Waals surface area contributed by atoms with Crippen LogP contribution >= 0.6 is 0 Å².